The molecule has 0 saturated heterocycles. The quantitative estimate of drug-likeness (QED) is 0.872. The third-order valence-electron chi connectivity index (χ3n) is 2.34. The van der Waals surface area contributed by atoms with Gasteiger partial charge < -0.3 is 11.1 Å². The first kappa shape index (κ1) is 17.0. The molecule has 2 aromatic heterocycles. The van der Waals surface area contributed by atoms with Crippen molar-refractivity contribution in [1.29, 1.82) is 0 Å². The number of rotatable bonds is 5. The lowest BCUT2D eigenvalue weighted by Gasteiger charge is -1.99. The fraction of sp³-hybridized carbons (Fsp3) is 0.455. The number of nitrogens with zero attached hydrogens (tertiary/aromatic N) is 3. The number of hydrogen-bond donors (Lipinski definition) is 2. The fourth-order valence-corrected chi connectivity index (χ4v) is 2.77. The summed E-state index contributed by atoms with van der Waals surface area (Å²) < 4.78 is 0. The van der Waals surface area contributed by atoms with Crippen LogP contribution in [0.25, 0.3) is 0 Å². The topological polar surface area (TPSA) is 93.8 Å². The Bertz CT molecular complexity index is 569. The number of nitrogens with two attached hydrogens (primary N) is 1. The number of halogens is 1. The summed E-state index contributed by atoms with van der Waals surface area (Å²) in [5, 5.41) is 15.1. The summed E-state index contributed by atoms with van der Waals surface area (Å²) in [4.78, 5) is 16.0. The standard InChI is InChI=1S/C11H15N5OS2.ClH/c1-6(2)11-16-15-9(19-11)4-13-10(17)7-5-18-8(3-12)14-7;/h5-6H,3-4,12H2,1-2H3,(H,13,17);1H. The average Bonchev–Trinajstić information content (AvgIpc) is 3.04. The maximum absolute atomic E-state index is 11.8. The van der Waals surface area contributed by atoms with Crippen molar-refractivity contribution >= 4 is 41.0 Å². The molecule has 2 rings (SSSR count). The summed E-state index contributed by atoms with van der Waals surface area (Å²) >= 11 is 2.90. The molecule has 3 N–H and O–H groups in total. The van der Waals surface area contributed by atoms with Crippen LogP contribution in [0.4, 0.5) is 0 Å². The van der Waals surface area contributed by atoms with Crippen molar-refractivity contribution in [2.75, 3.05) is 0 Å². The molecule has 2 aromatic rings. The van der Waals surface area contributed by atoms with Crippen LogP contribution >= 0.6 is 35.1 Å². The highest BCUT2D eigenvalue weighted by atomic mass is 35.5. The molecule has 0 unspecified atom stereocenters. The average molecular weight is 334 g/mol. The van der Waals surface area contributed by atoms with E-state index in [1.54, 1.807) is 5.38 Å². The SMILES string of the molecule is CC(C)c1nnc(CNC(=O)c2csc(CN)n2)s1.Cl. The van der Waals surface area contributed by atoms with Crippen LogP contribution in [0.2, 0.25) is 0 Å². The normalized spacial score (nSPS) is 10.4. The van der Waals surface area contributed by atoms with Gasteiger partial charge in [-0.3, -0.25) is 4.79 Å². The van der Waals surface area contributed by atoms with Gasteiger partial charge in [0.1, 0.15) is 20.7 Å². The van der Waals surface area contributed by atoms with E-state index >= 15 is 0 Å². The number of thiazole rings is 1. The summed E-state index contributed by atoms with van der Waals surface area (Å²) in [7, 11) is 0. The number of amides is 1. The Morgan fingerprint density at radius 2 is 2.15 bits per heavy atom. The minimum atomic E-state index is -0.211. The zero-order chi connectivity index (χ0) is 13.8. The summed E-state index contributed by atoms with van der Waals surface area (Å²) in [6.07, 6.45) is 0. The first-order valence-corrected chi connectivity index (χ1v) is 7.54. The van der Waals surface area contributed by atoms with Crippen molar-refractivity contribution in [1.82, 2.24) is 20.5 Å². The minimum Gasteiger partial charge on any atom is -0.344 e. The second kappa shape index (κ2) is 7.63. The van der Waals surface area contributed by atoms with Crippen molar-refractivity contribution < 1.29 is 4.79 Å². The zero-order valence-electron chi connectivity index (χ0n) is 11.1. The number of carbonyl (C=O) groups excluding carboxylic acids is 1. The number of carbonyl (C=O) groups is 1. The van der Waals surface area contributed by atoms with E-state index in [0.717, 1.165) is 15.0 Å². The maximum Gasteiger partial charge on any atom is 0.271 e. The van der Waals surface area contributed by atoms with E-state index in [1.807, 2.05) is 0 Å². The third kappa shape index (κ3) is 4.20. The van der Waals surface area contributed by atoms with Gasteiger partial charge in [0.25, 0.3) is 5.91 Å². The van der Waals surface area contributed by atoms with Crippen LogP contribution in [0.15, 0.2) is 5.38 Å². The Balaban J connectivity index is 0.00000200. The predicted octanol–water partition coefficient (Wildman–Crippen LogP) is 1.93. The summed E-state index contributed by atoms with van der Waals surface area (Å²) in [5.41, 5.74) is 5.86. The highest BCUT2D eigenvalue weighted by Gasteiger charge is 2.12. The van der Waals surface area contributed by atoms with Crippen molar-refractivity contribution in [3.8, 4) is 0 Å². The second-order valence-electron chi connectivity index (χ2n) is 4.20. The lowest BCUT2D eigenvalue weighted by atomic mass is 10.2. The van der Waals surface area contributed by atoms with E-state index in [1.165, 1.54) is 22.7 Å². The lowest BCUT2D eigenvalue weighted by Crippen LogP contribution is -2.23. The van der Waals surface area contributed by atoms with Crippen molar-refractivity contribution in [2.45, 2.75) is 32.9 Å². The summed E-state index contributed by atoms with van der Waals surface area (Å²) in [5.74, 6) is 0.143. The molecule has 0 atom stereocenters. The lowest BCUT2D eigenvalue weighted by molar-refractivity contribution is 0.0946. The van der Waals surface area contributed by atoms with Gasteiger partial charge in [-0.15, -0.1) is 33.9 Å². The third-order valence-corrected chi connectivity index (χ3v) is 4.43. The van der Waals surface area contributed by atoms with Crippen molar-refractivity contribution in [3.05, 3.63) is 26.1 Å². The highest BCUT2D eigenvalue weighted by molar-refractivity contribution is 7.11. The maximum atomic E-state index is 11.8. The van der Waals surface area contributed by atoms with Crippen LogP contribution in [0.5, 0.6) is 0 Å². The number of nitrogens with one attached hydrogen (secondary N) is 1. The highest BCUT2D eigenvalue weighted by Crippen LogP contribution is 2.18. The molecule has 0 saturated carbocycles. The van der Waals surface area contributed by atoms with Gasteiger partial charge in [-0.1, -0.05) is 25.2 Å². The largest absolute Gasteiger partial charge is 0.344 e. The van der Waals surface area contributed by atoms with Gasteiger partial charge in [0.2, 0.25) is 0 Å². The molecule has 0 aromatic carbocycles. The second-order valence-corrected chi connectivity index (χ2v) is 6.24. The Morgan fingerprint density at radius 1 is 1.40 bits per heavy atom. The molecule has 0 aliphatic rings. The molecule has 2 heterocycles. The molecule has 20 heavy (non-hydrogen) atoms. The molecular formula is C11H16ClN5OS2. The van der Waals surface area contributed by atoms with Crippen LogP contribution in [-0.2, 0) is 13.1 Å². The Kier molecular flexibility index (Phi) is 6.47. The molecule has 0 radical (unpaired) electrons. The zero-order valence-corrected chi connectivity index (χ0v) is 13.6. The Labute approximate surface area is 131 Å². The molecule has 110 valence electrons. The van der Waals surface area contributed by atoms with E-state index in [0.29, 0.717) is 24.7 Å². The molecule has 0 aliphatic heterocycles. The van der Waals surface area contributed by atoms with Crippen LogP contribution in [-0.4, -0.2) is 21.1 Å². The first-order valence-electron chi connectivity index (χ1n) is 5.85. The van der Waals surface area contributed by atoms with Gasteiger partial charge in [-0.05, 0) is 0 Å². The van der Waals surface area contributed by atoms with E-state index in [2.05, 4.69) is 34.3 Å². The van der Waals surface area contributed by atoms with E-state index in [-0.39, 0.29) is 18.3 Å². The van der Waals surface area contributed by atoms with Gasteiger partial charge in [0.05, 0.1) is 6.54 Å². The molecule has 6 nitrogen and oxygen atoms in total. The molecule has 0 fully saturated rings. The van der Waals surface area contributed by atoms with Crippen molar-refractivity contribution in [3.63, 3.8) is 0 Å². The molecule has 9 heteroatoms. The summed E-state index contributed by atoms with van der Waals surface area (Å²) in [6.45, 7) is 4.85. The smallest absolute Gasteiger partial charge is 0.271 e. The Hall–Kier alpha value is -1.09. The van der Waals surface area contributed by atoms with E-state index < -0.39 is 0 Å². The number of hydrogen-bond acceptors (Lipinski definition) is 7. The summed E-state index contributed by atoms with van der Waals surface area (Å²) in [6, 6.07) is 0. The monoisotopic (exact) mass is 333 g/mol. The van der Waals surface area contributed by atoms with Gasteiger partial charge in [-0.25, -0.2) is 4.98 Å². The van der Waals surface area contributed by atoms with Crippen LogP contribution in [0.1, 0.15) is 45.3 Å². The van der Waals surface area contributed by atoms with Gasteiger partial charge >= 0.3 is 0 Å². The van der Waals surface area contributed by atoms with Crippen LogP contribution in [0, 0.1) is 0 Å². The van der Waals surface area contributed by atoms with Crippen LogP contribution in [0.3, 0.4) is 0 Å². The van der Waals surface area contributed by atoms with E-state index in [9.17, 15) is 4.79 Å². The Morgan fingerprint density at radius 3 is 2.70 bits per heavy atom. The van der Waals surface area contributed by atoms with Gasteiger partial charge in [-0.2, -0.15) is 0 Å². The van der Waals surface area contributed by atoms with E-state index in [4.69, 9.17) is 5.73 Å². The van der Waals surface area contributed by atoms with Gasteiger partial charge in [0.15, 0.2) is 0 Å². The molecular weight excluding hydrogens is 318 g/mol. The minimum absolute atomic E-state index is 0. The number of aromatic nitrogens is 3. The molecule has 0 bridgehead atoms. The fourth-order valence-electron chi connectivity index (χ4n) is 1.33. The molecule has 1 amide bonds. The van der Waals surface area contributed by atoms with Crippen molar-refractivity contribution in [2.24, 2.45) is 5.73 Å². The predicted molar refractivity (Wildman–Crippen MR) is 82.4 cm³/mol. The first-order chi connectivity index (χ1) is 9.10. The molecule has 0 spiro atoms. The van der Waals surface area contributed by atoms with Gasteiger partial charge in [0, 0.05) is 17.8 Å². The van der Waals surface area contributed by atoms with Crippen LogP contribution < -0.4 is 11.1 Å². The molecule has 0 aliphatic carbocycles.